The molecule has 3 unspecified atom stereocenters. The number of aromatic nitrogens is 2. The molecule has 4 rings (SSSR count). The molecule has 2 saturated heterocycles. The minimum absolute atomic E-state index is 0.0574. The number of carbonyl (C=O) groups is 1. The van der Waals surface area contributed by atoms with Crippen LogP contribution in [0.4, 0.5) is 0 Å². The van der Waals surface area contributed by atoms with E-state index in [9.17, 15) is 15.2 Å². The van der Waals surface area contributed by atoms with E-state index in [0.29, 0.717) is 41.4 Å². The van der Waals surface area contributed by atoms with Gasteiger partial charge in [0.25, 0.3) is 0 Å². The zero-order valence-electron chi connectivity index (χ0n) is 16.6. The van der Waals surface area contributed by atoms with E-state index < -0.39 is 11.6 Å². The molecule has 0 bridgehead atoms. The van der Waals surface area contributed by atoms with Gasteiger partial charge in [0, 0.05) is 37.9 Å². The highest BCUT2D eigenvalue weighted by Gasteiger charge is 2.52. The summed E-state index contributed by atoms with van der Waals surface area (Å²) in [4.78, 5) is 24.0. The predicted molar refractivity (Wildman–Crippen MR) is 106 cm³/mol. The molecule has 3 atom stereocenters. The van der Waals surface area contributed by atoms with Crippen molar-refractivity contribution in [2.45, 2.75) is 31.9 Å². The van der Waals surface area contributed by atoms with Gasteiger partial charge in [0.05, 0.1) is 11.7 Å². The zero-order valence-corrected chi connectivity index (χ0v) is 16.6. The summed E-state index contributed by atoms with van der Waals surface area (Å²) in [6.07, 6.45) is 3.50. The van der Waals surface area contributed by atoms with Crippen LogP contribution in [0.3, 0.4) is 0 Å². The minimum atomic E-state index is -0.872. The first-order valence-electron chi connectivity index (χ1n) is 9.93. The van der Waals surface area contributed by atoms with Crippen LogP contribution in [0.15, 0.2) is 24.5 Å². The summed E-state index contributed by atoms with van der Waals surface area (Å²) in [5.41, 5.74) is 0.311. The number of piperidine rings is 1. The molecule has 29 heavy (non-hydrogen) atoms. The molecule has 8 nitrogen and oxygen atoms in total. The first-order chi connectivity index (χ1) is 13.9. The van der Waals surface area contributed by atoms with E-state index in [2.05, 4.69) is 28.3 Å². The zero-order chi connectivity index (χ0) is 20.6. The Bertz CT molecular complexity index is 968. The van der Waals surface area contributed by atoms with Gasteiger partial charge in [-0.2, -0.15) is 5.26 Å². The fourth-order valence-corrected chi connectivity index (χ4v) is 4.38. The fourth-order valence-electron chi connectivity index (χ4n) is 4.38. The van der Waals surface area contributed by atoms with Gasteiger partial charge >= 0.3 is 5.97 Å². The standard InChI is InChI=1S/C21H25N5O3/c1-13-7-15(10-23-9-13)21(2,26-11-16(27)12-26)20(28)29-17-4-3-14(8-22)18-19(17)25-6-5-24-18/h3-6,13,15-16,23,27H,7,9-12H2,1-2H3. The quantitative estimate of drug-likeness (QED) is 0.585. The summed E-state index contributed by atoms with van der Waals surface area (Å²) in [6.45, 7) is 6.62. The number of nitrogens with one attached hydrogen (secondary N) is 1. The number of β-amino-alcohol motifs (C(OH)–C–C–N with tert-alkyl or cyclic N) is 1. The smallest absolute Gasteiger partial charge is 0.332 e. The highest BCUT2D eigenvalue weighted by molar-refractivity contribution is 5.90. The molecule has 0 spiro atoms. The second kappa shape index (κ2) is 7.67. The average Bonchev–Trinajstić information content (AvgIpc) is 2.71. The van der Waals surface area contributed by atoms with Crippen molar-refractivity contribution in [2.24, 2.45) is 11.8 Å². The lowest BCUT2D eigenvalue weighted by Gasteiger charge is -2.52. The van der Waals surface area contributed by atoms with Gasteiger partial charge < -0.3 is 15.2 Å². The molecule has 2 aliphatic rings. The van der Waals surface area contributed by atoms with E-state index in [1.807, 2.05) is 11.8 Å². The molecular weight excluding hydrogens is 370 g/mol. The number of aliphatic hydroxyl groups is 1. The van der Waals surface area contributed by atoms with Crippen LogP contribution in [-0.2, 0) is 4.79 Å². The third-order valence-corrected chi connectivity index (χ3v) is 6.21. The maximum atomic E-state index is 13.5. The van der Waals surface area contributed by atoms with Crippen molar-refractivity contribution in [3.63, 3.8) is 0 Å². The molecule has 0 amide bonds. The molecule has 0 saturated carbocycles. The Kier molecular flexibility index (Phi) is 5.21. The van der Waals surface area contributed by atoms with Crippen LogP contribution in [-0.4, -0.2) is 63.8 Å². The summed E-state index contributed by atoms with van der Waals surface area (Å²) in [5.74, 6) is 0.429. The van der Waals surface area contributed by atoms with Crippen LogP contribution >= 0.6 is 0 Å². The van der Waals surface area contributed by atoms with Crippen molar-refractivity contribution >= 4 is 17.0 Å². The summed E-state index contributed by atoms with van der Waals surface area (Å²) in [5, 5.41) is 22.6. The van der Waals surface area contributed by atoms with Crippen molar-refractivity contribution in [1.82, 2.24) is 20.2 Å². The summed E-state index contributed by atoms with van der Waals surface area (Å²) >= 11 is 0. The van der Waals surface area contributed by atoms with Crippen molar-refractivity contribution in [3.05, 3.63) is 30.1 Å². The fraction of sp³-hybridized carbons (Fsp3) is 0.524. The number of benzene rings is 1. The third-order valence-electron chi connectivity index (χ3n) is 6.21. The molecule has 1 aromatic heterocycles. The lowest BCUT2D eigenvalue weighted by Crippen LogP contribution is -2.69. The van der Waals surface area contributed by atoms with Crippen LogP contribution in [0.25, 0.3) is 11.0 Å². The van der Waals surface area contributed by atoms with Gasteiger partial charge in [0.15, 0.2) is 5.75 Å². The van der Waals surface area contributed by atoms with E-state index in [-0.39, 0.29) is 11.9 Å². The molecule has 3 heterocycles. The number of fused-ring (bicyclic) bond motifs is 1. The predicted octanol–water partition coefficient (Wildman–Crippen LogP) is 1.09. The largest absolute Gasteiger partial charge is 0.423 e. The van der Waals surface area contributed by atoms with Gasteiger partial charge in [0.2, 0.25) is 0 Å². The van der Waals surface area contributed by atoms with Gasteiger partial charge in [-0.15, -0.1) is 0 Å². The number of ether oxygens (including phenoxy) is 1. The van der Waals surface area contributed by atoms with Crippen molar-refractivity contribution in [2.75, 3.05) is 26.2 Å². The molecule has 152 valence electrons. The van der Waals surface area contributed by atoms with Gasteiger partial charge in [-0.1, -0.05) is 6.92 Å². The number of nitriles is 1. The van der Waals surface area contributed by atoms with Gasteiger partial charge in [-0.3, -0.25) is 9.88 Å². The molecule has 0 aliphatic carbocycles. The second-order valence-electron chi connectivity index (χ2n) is 8.27. The Labute approximate surface area is 169 Å². The monoisotopic (exact) mass is 395 g/mol. The first-order valence-corrected chi connectivity index (χ1v) is 9.93. The molecule has 0 radical (unpaired) electrons. The maximum Gasteiger partial charge on any atom is 0.332 e. The van der Waals surface area contributed by atoms with Crippen LogP contribution in [0.5, 0.6) is 5.75 Å². The molecule has 2 aliphatic heterocycles. The minimum Gasteiger partial charge on any atom is -0.423 e. The van der Waals surface area contributed by atoms with E-state index >= 15 is 0 Å². The van der Waals surface area contributed by atoms with Crippen molar-refractivity contribution in [1.29, 1.82) is 5.26 Å². The molecule has 8 heteroatoms. The Hall–Kier alpha value is -2.60. The summed E-state index contributed by atoms with van der Waals surface area (Å²) in [7, 11) is 0. The van der Waals surface area contributed by atoms with E-state index in [0.717, 1.165) is 19.5 Å². The van der Waals surface area contributed by atoms with Gasteiger partial charge in [0.1, 0.15) is 22.6 Å². The molecule has 2 aromatic rings. The van der Waals surface area contributed by atoms with E-state index in [4.69, 9.17) is 4.74 Å². The average molecular weight is 395 g/mol. The Morgan fingerprint density at radius 1 is 1.31 bits per heavy atom. The van der Waals surface area contributed by atoms with E-state index in [1.165, 1.54) is 12.4 Å². The normalized spacial score (nSPS) is 25.0. The number of aliphatic hydroxyl groups excluding tert-OH is 1. The number of esters is 1. The number of rotatable bonds is 4. The van der Waals surface area contributed by atoms with Gasteiger partial charge in [-0.25, -0.2) is 9.78 Å². The Morgan fingerprint density at radius 2 is 2.03 bits per heavy atom. The van der Waals surface area contributed by atoms with Crippen LogP contribution in [0, 0.1) is 23.2 Å². The van der Waals surface area contributed by atoms with Crippen LogP contribution in [0.1, 0.15) is 25.8 Å². The summed E-state index contributed by atoms with van der Waals surface area (Å²) in [6, 6.07) is 5.28. The number of nitrogens with zero attached hydrogens (tertiary/aromatic N) is 4. The molecule has 2 N–H and O–H groups in total. The lowest BCUT2D eigenvalue weighted by atomic mass is 9.75. The van der Waals surface area contributed by atoms with E-state index in [1.54, 1.807) is 12.1 Å². The topological polar surface area (TPSA) is 111 Å². The Balaban J connectivity index is 1.67. The Morgan fingerprint density at radius 3 is 2.69 bits per heavy atom. The SMILES string of the molecule is CC1CNCC(C(C)(C(=O)Oc2ccc(C#N)c3nccnc23)N2CC(O)C2)C1. The first kappa shape index (κ1) is 19.7. The van der Waals surface area contributed by atoms with Crippen molar-refractivity contribution in [3.8, 4) is 11.8 Å². The third kappa shape index (κ3) is 3.46. The van der Waals surface area contributed by atoms with Gasteiger partial charge in [-0.05, 0) is 37.9 Å². The number of hydrogen-bond donors (Lipinski definition) is 2. The molecule has 1 aromatic carbocycles. The van der Waals surface area contributed by atoms with Crippen LogP contribution in [0.2, 0.25) is 0 Å². The maximum absolute atomic E-state index is 13.5. The van der Waals surface area contributed by atoms with Crippen molar-refractivity contribution < 1.29 is 14.6 Å². The second-order valence-corrected chi connectivity index (χ2v) is 8.27. The number of likely N-dealkylation sites (tertiary alicyclic amines) is 1. The highest BCUT2D eigenvalue weighted by atomic mass is 16.5. The number of carbonyl (C=O) groups excluding carboxylic acids is 1. The lowest BCUT2D eigenvalue weighted by molar-refractivity contribution is -0.163. The molecule has 2 fully saturated rings. The van der Waals surface area contributed by atoms with Crippen LogP contribution < -0.4 is 10.1 Å². The molecular formula is C21H25N5O3. The highest BCUT2D eigenvalue weighted by Crippen LogP contribution is 2.37. The summed E-state index contributed by atoms with van der Waals surface area (Å²) < 4.78 is 5.87. The number of hydrogen-bond acceptors (Lipinski definition) is 8.